The number of guanidine groups is 1. The van der Waals surface area contributed by atoms with Crippen LogP contribution < -0.4 is 10.1 Å². The number of rotatable bonds is 10. The van der Waals surface area contributed by atoms with Gasteiger partial charge in [-0.1, -0.05) is 18.2 Å². The quantitative estimate of drug-likeness (QED) is 0.393. The average Bonchev–Trinajstić information content (AvgIpc) is 2.68. The molecule has 0 atom stereocenters. The maximum absolute atomic E-state index is 6.07. The van der Waals surface area contributed by atoms with Gasteiger partial charge >= 0.3 is 0 Å². The molecule has 0 aromatic heterocycles. The standard InChI is InChI=1S/C20H33N3O3/c1-3-21-20(22-12-7-15-25-17-16-24-2)23-13-10-19(11-14-23)26-18-8-5-4-6-9-18/h4-6,8-9,19H,3,7,10-17H2,1-2H3,(H,21,22). The van der Waals surface area contributed by atoms with E-state index in [9.17, 15) is 0 Å². The normalized spacial score (nSPS) is 15.9. The third-order valence-electron chi connectivity index (χ3n) is 4.26. The zero-order valence-electron chi connectivity index (χ0n) is 16.2. The van der Waals surface area contributed by atoms with E-state index in [1.165, 1.54) is 0 Å². The van der Waals surface area contributed by atoms with Crippen LogP contribution >= 0.6 is 0 Å². The summed E-state index contributed by atoms with van der Waals surface area (Å²) in [6.07, 6.45) is 3.23. The van der Waals surface area contributed by atoms with Crippen LogP contribution in [0.2, 0.25) is 0 Å². The summed E-state index contributed by atoms with van der Waals surface area (Å²) in [6, 6.07) is 10.1. The number of likely N-dealkylation sites (tertiary alicyclic amines) is 1. The number of hydrogen-bond acceptors (Lipinski definition) is 4. The Labute approximate surface area is 157 Å². The molecule has 1 fully saturated rings. The van der Waals surface area contributed by atoms with Gasteiger partial charge in [0.15, 0.2) is 5.96 Å². The van der Waals surface area contributed by atoms with E-state index in [1.54, 1.807) is 7.11 Å². The van der Waals surface area contributed by atoms with Crippen molar-refractivity contribution in [3.63, 3.8) is 0 Å². The lowest BCUT2D eigenvalue weighted by atomic mass is 10.1. The summed E-state index contributed by atoms with van der Waals surface area (Å²) in [6.45, 7) is 7.70. The molecule has 1 aliphatic heterocycles. The highest BCUT2D eigenvalue weighted by atomic mass is 16.5. The van der Waals surface area contributed by atoms with Crippen molar-refractivity contribution in [2.24, 2.45) is 4.99 Å². The van der Waals surface area contributed by atoms with E-state index in [0.717, 1.165) is 63.8 Å². The predicted molar refractivity (Wildman–Crippen MR) is 105 cm³/mol. The molecule has 146 valence electrons. The first-order chi connectivity index (χ1) is 12.8. The summed E-state index contributed by atoms with van der Waals surface area (Å²) < 4.78 is 16.5. The smallest absolute Gasteiger partial charge is 0.193 e. The van der Waals surface area contributed by atoms with Crippen molar-refractivity contribution in [1.29, 1.82) is 0 Å². The number of ether oxygens (including phenoxy) is 3. The molecule has 1 saturated heterocycles. The number of nitrogens with one attached hydrogen (secondary N) is 1. The number of aliphatic imine (C=N–C) groups is 1. The van der Waals surface area contributed by atoms with E-state index >= 15 is 0 Å². The molecule has 1 aliphatic rings. The predicted octanol–water partition coefficient (Wildman–Crippen LogP) is 2.55. The fourth-order valence-electron chi connectivity index (χ4n) is 2.90. The SMILES string of the molecule is CCNC(=NCCCOCCOC)N1CCC(Oc2ccccc2)CC1. The van der Waals surface area contributed by atoms with Crippen molar-refractivity contribution in [2.75, 3.05) is 53.1 Å². The van der Waals surface area contributed by atoms with Gasteiger partial charge in [0, 0.05) is 52.7 Å². The summed E-state index contributed by atoms with van der Waals surface area (Å²) in [7, 11) is 1.68. The summed E-state index contributed by atoms with van der Waals surface area (Å²) >= 11 is 0. The Bertz CT molecular complexity index is 502. The minimum atomic E-state index is 0.283. The Morgan fingerprint density at radius 3 is 2.62 bits per heavy atom. The van der Waals surface area contributed by atoms with E-state index in [1.807, 2.05) is 30.3 Å². The lowest BCUT2D eigenvalue weighted by molar-refractivity contribution is 0.0702. The molecule has 2 rings (SSSR count). The molecule has 0 radical (unpaired) electrons. The third kappa shape index (κ3) is 7.62. The zero-order chi connectivity index (χ0) is 18.5. The van der Waals surface area contributed by atoms with E-state index in [2.05, 4.69) is 17.1 Å². The van der Waals surface area contributed by atoms with Gasteiger partial charge in [-0.05, 0) is 25.5 Å². The highest BCUT2D eigenvalue weighted by Crippen LogP contribution is 2.18. The first-order valence-electron chi connectivity index (χ1n) is 9.65. The van der Waals surface area contributed by atoms with Crippen LogP contribution in [0, 0.1) is 0 Å². The van der Waals surface area contributed by atoms with Crippen molar-refractivity contribution >= 4 is 5.96 Å². The van der Waals surface area contributed by atoms with Crippen LogP contribution in [0.5, 0.6) is 5.75 Å². The fourth-order valence-corrected chi connectivity index (χ4v) is 2.90. The van der Waals surface area contributed by atoms with Crippen LogP contribution in [-0.4, -0.2) is 70.1 Å². The van der Waals surface area contributed by atoms with Gasteiger partial charge in [0.2, 0.25) is 0 Å². The lowest BCUT2D eigenvalue weighted by Crippen LogP contribution is -2.47. The van der Waals surface area contributed by atoms with Gasteiger partial charge in [0.05, 0.1) is 13.2 Å². The summed E-state index contributed by atoms with van der Waals surface area (Å²) in [5, 5.41) is 3.40. The average molecular weight is 364 g/mol. The fraction of sp³-hybridized carbons (Fsp3) is 0.650. The van der Waals surface area contributed by atoms with Gasteiger partial charge in [-0.25, -0.2) is 0 Å². The van der Waals surface area contributed by atoms with Crippen LogP contribution in [0.15, 0.2) is 35.3 Å². The number of nitrogens with zero attached hydrogens (tertiary/aromatic N) is 2. The molecule has 1 heterocycles. The monoisotopic (exact) mass is 363 g/mol. The van der Waals surface area contributed by atoms with Crippen LogP contribution in [-0.2, 0) is 9.47 Å². The lowest BCUT2D eigenvalue weighted by Gasteiger charge is -2.34. The number of methoxy groups -OCH3 is 1. The number of para-hydroxylation sites is 1. The minimum absolute atomic E-state index is 0.283. The molecule has 6 heteroatoms. The molecule has 26 heavy (non-hydrogen) atoms. The summed E-state index contributed by atoms with van der Waals surface area (Å²) in [5.74, 6) is 1.96. The van der Waals surface area contributed by atoms with Crippen molar-refractivity contribution in [3.8, 4) is 5.75 Å². The van der Waals surface area contributed by atoms with Crippen molar-refractivity contribution in [3.05, 3.63) is 30.3 Å². The molecule has 0 amide bonds. The Morgan fingerprint density at radius 2 is 1.92 bits per heavy atom. The molecular weight excluding hydrogens is 330 g/mol. The van der Waals surface area contributed by atoms with Crippen molar-refractivity contribution < 1.29 is 14.2 Å². The molecule has 6 nitrogen and oxygen atoms in total. The number of hydrogen-bond donors (Lipinski definition) is 1. The third-order valence-corrected chi connectivity index (χ3v) is 4.26. The highest BCUT2D eigenvalue weighted by Gasteiger charge is 2.22. The van der Waals surface area contributed by atoms with Crippen LogP contribution in [0.1, 0.15) is 26.2 Å². The second-order valence-electron chi connectivity index (χ2n) is 6.31. The van der Waals surface area contributed by atoms with Crippen LogP contribution in [0.25, 0.3) is 0 Å². The molecule has 0 spiro atoms. The number of benzene rings is 1. The first-order valence-corrected chi connectivity index (χ1v) is 9.65. The van der Waals surface area contributed by atoms with Gasteiger partial charge in [0.25, 0.3) is 0 Å². The summed E-state index contributed by atoms with van der Waals surface area (Å²) in [4.78, 5) is 7.08. The largest absolute Gasteiger partial charge is 0.490 e. The second-order valence-corrected chi connectivity index (χ2v) is 6.31. The Balaban J connectivity index is 1.71. The molecule has 1 N–H and O–H groups in total. The minimum Gasteiger partial charge on any atom is -0.490 e. The highest BCUT2D eigenvalue weighted by molar-refractivity contribution is 5.80. The second kappa shape index (κ2) is 12.5. The van der Waals surface area contributed by atoms with Gasteiger partial charge in [-0.3, -0.25) is 4.99 Å². The van der Waals surface area contributed by atoms with E-state index in [0.29, 0.717) is 13.2 Å². The van der Waals surface area contributed by atoms with E-state index in [-0.39, 0.29) is 6.10 Å². The molecule has 0 saturated carbocycles. The molecule has 1 aromatic carbocycles. The maximum Gasteiger partial charge on any atom is 0.193 e. The van der Waals surface area contributed by atoms with E-state index < -0.39 is 0 Å². The number of piperidine rings is 1. The molecule has 0 aliphatic carbocycles. The van der Waals surface area contributed by atoms with E-state index in [4.69, 9.17) is 19.2 Å². The topological polar surface area (TPSA) is 55.3 Å². The maximum atomic E-state index is 6.07. The van der Waals surface area contributed by atoms with Crippen molar-refractivity contribution in [1.82, 2.24) is 10.2 Å². The van der Waals surface area contributed by atoms with Gasteiger partial charge in [0.1, 0.15) is 11.9 Å². The Morgan fingerprint density at radius 1 is 1.15 bits per heavy atom. The Kier molecular flexibility index (Phi) is 9.90. The van der Waals surface area contributed by atoms with Crippen LogP contribution in [0.4, 0.5) is 0 Å². The summed E-state index contributed by atoms with van der Waals surface area (Å²) in [5.41, 5.74) is 0. The van der Waals surface area contributed by atoms with Crippen LogP contribution in [0.3, 0.4) is 0 Å². The zero-order valence-corrected chi connectivity index (χ0v) is 16.2. The van der Waals surface area contributed by atoms with Crippen molar-refractivity contribution in [2.45, 2.75) is 32.3 Å². The molecule has 0 unspecified atom stereocenters. The molecule has 1 aromatic rings. The Hall–Kier alpha value is -1.79. The van der Waals surface area contributed by atoms with Gasteiger partial charge < -0.3 is 24.4 Å². The first kappa shape index (κ1) is 20.5. The van der Waals surface area contributed by atoms with Gasteiger partial charge in [-0.2, -0.15) is 0 Å². The van der Waals surface area contributed by atoms with Gasteiger partial charge in [-0.15, -0.1) is 0 Å². The molecule has 0 bridgehead atoms. The molecular formula is C20H33N3O3.